The van der Waals surface area contributed by atoms with Crippen molar-refractivity contribution in [2.24, 2.45) is 0 Å². The standard InChI is InChI=1S/C18H16BrN3O3S/c19-15-8-7-13(25-15)17(24)20-10-16(23)22-9-3-5-12(22)18-21-11-4-1-2-6-14(11)26-18/h1-2,4,6-8,12H,3,5,9-10H2,(H,20,24). The van der Waals surface area contributed by atoms with Gasteiger partial charge in [0, 0.05) is 6.54 Å². The fourth-order valence-corrected chi connectivity index (χ4v) is 4.56. The third-order valence-electron chi connectivity index (χ3n) is 4.37. The number of likely N-dealkylation sites (tertiary alicyclic amines) is 1. The number of nitrogens with zero attached hydrogens (tertiary/aromatic N) is 2. The summed E-state index contributed by atoms with van der Waals surface area (Å²) in [6.45, 7) is 0.625. The van der Waals surface area contributed by atoms with Gasteiger partial charge in [-0.2, -0.15) is 0 Å². The zero-order valence-corrected chi connectivity index (χ0v) is 16.2. The van der Waals surface area contributed by atoms with Gasteiger partial charge in [-0.25, -0.2) is 4.98 Å². The average molecular weight is 434 g/mol. The van der Waals surface area contributed by atoms with Crippen molar-refractivity contribution < 1.29 is 14.0 Å². The van der Waals surface area contributed by atoms with Crippen molar-refractivity contribution in [3.05, 3.63) is 51.8 Å². The van der Waals surface area contributed by atoms with E-state index in [-0.39, 0.29) is 24.3 Å². The lowest BCUT2D eigenvalue weighted by molar-refractivity contribution is -0.131. The molecule has 1 aliphatic rings. The summed E-state index contributed by atoms with van der Waals surface area (Å²) in [4.78, 5) is 31.2. The van der Waals surface area contributed by atoms with E-state index in [0.29, 0.717) is 11.2 Å². The lowest BCUT2D eigenvalue weighted by atomic mass is 10.2. The number of para-hydroxylation sites is 1. The molecule has 8 heteroatoms. The topological polar surface area (TPSA) is 75.4 Å². The molecule has 1 unspecified atom stereocenters. The summed E-state index contributed by atoms with van der Waals surface area (Å²) in [7, 11) is 0. The van der Waals surface area contributed by atoms with E-state index >= 15 is 0 Å². The molecule has 1 saturated heterocycles. The minimum Gasteiger partial charge on any atom is -0.444 e. The van der Waals surface area contributed by atoms with Gasteiger partial charge >= 0.3 is 0 Å². The molecular weight excluding hydrogens is 418 g/mol. The molecule has 6 nitrogen and oxygen atoms in total. The van der Waals surface area contributed by atoms with Gasteiger partial charge in [-0.3, -0.25) is 9.59 Å². The fourth-order valence-electron chi connectivity index (χ4n) is 3.14. The van der Waals surface area contributed by atoms with E-state index in [1.165, 1.54) is 0 Å². The number of carbonyl (C=O) groups excluding carboxylic acids is 2. The quantitative estimate of drug-likeness (QED) is 0.679. The molecule has 26 heavy (non-hydrogen) atoms. The van der Waals surface area contributed by atoms with Gasteiger partial charge in [-0.05, 0) is 53.0 Å². The number of amides is 2. The molecule has 0 radical (unpaired) electrons. The van der Waals surface area contributed by atoms with Crippen LogP contribution in [-0.2, 0) is 4.79 Å². The number of thiazole rings is 1. The van der Waals surface area contributed by atoms with Gasteiger partial charge in [0.05, 0.1) is 22.8 Å². The summed E-state index contributed by atoms with van der Waals surface area (Å²) < 4.78 is 6.80. The zero-order valence-electron chi connectivity index (χ0n) is 13.8. The third-order valence-corrected chi connectivity index (χ3v) is 5.93. The summed E-state index contributed by atoms with van der Waals surface area (Å²) >= 11 is 4.78. The zero-order chi connectivity index (χ0) is 18.1. The van der Waals surface area contributed by atoms with Crippen LogP contribution in [0.4, 0.5) is 0 Å². The molecule has 0 bridgehead atoms. The van der Waals surface area contributed by atoms with Crippen LogP contribution in [-0.4, -0.2) is 34.8 Å². The first-order valence-electron chi connectivity index (χ1n) is 8.30. The summed E-state index contributed by atoms with van der Waals surface area (Å²) in [5.41, 5.74) is 0.962. The van der Waals surface area contributed by atoms with Crippen molar-refractivity contribution in [1.29, 1.82) is 0 Å². The molecule has 0 saturated carbocycles. The Labute approximate surface area is 162 Å². The number of hydrogen-bond acceptors (Lipinski definition) is 5. The monoisotopic (exact) mass is 433 g/mol. The van der Waals surface area contributed by atoms with Gasteiger partial charge in [0.25, 0.3) is 5.91 Å². The van der Waals surface area contributed by atoms with Crippen LogP contribution in [0, 0.1) is 0 Å². The van der Waals surface area contributed by atoms with E-state index < -0.39 is 5.91 Å². The molecule has 1 atom stereocenters. The second-order valence-electron chi connectivity index (χ2n) is 6.05. The van der Waals surface area contributed by atoms with Crippen molar-refractivity contribution in [2.75, 3.05) is 13.1 Å². The number of furan rings is 1. The Balaban J connectivity index is 1.44. The first-order valence-corrected chi connectivity index (χ1v) is 9.91. The van der Waals surface area contributed by atoms with E-state index in [0.717, 1.165) is 28.1 Å². The molecule has 0 spiro atoms. The van der Waals surface area contributed by atoms with Gasteiger partial charge in [-0.1, -0.05) is 12.1 Å². The number of rotatable bonds is 4. The number of aromatic nitrogens is 1. The van der Waals surface area contributed by atoms with Crippen LogP contribution in [0.5, 0.6) is 0 Å². The lowest BCUT2D eigenvalue weighted by Gasteiger charge is -2.23. The van der Waals surface area contributed by atoms with E-state index in [2.05, 4.69) is 21.2 Å². The van der Waals surface area contributed by atoms with Crippen molar-refractivity contribution in [3.8, 4) is 0 Å². The highest BCUT2D eigenvalue weighted by Gasteiger charge is 2.32. The normalized spacial score (nSPS) is 17.0. The Bertz CT molecular complexity index is 934. The Hall–Kier alpha value is -2.19. The number of halogens is 1. The molecule has 2 aromatic heterocycles. The molecule has 134 valence electrons. The molecular formula is C18H16BrN3O3S. The summed E-state index contributed by atoms with van der Waals surface area (Å²) in [6, 6.07) is 11.2. The van der Waals surface area contributed by atoms with Crippen LogP contribution < -0.4 is 5.32 Å². The Kier molecular flexibility index (Phi) is 4.78. The van der Waals surface area contributed by atoms with Crippen LogP contribution in [0.3, 0.4) is 0 Å². The van der Waals surface area contributed by atoms with Gasteiger partial charge in [0.2, 0.25) is 5.91 Å². The number of fused-ring (bicyclic) bond motifs is 1. The second kappa shape index (κ2) is 7.20. The van der Waals surface area contributed by atoms with E-state index in [4.69, 9.17) is 9.40 Å². The molecule has 3 aromatic rings. The number of carbonyl (C=O) groups is 2. The van der Waals surface area contributed by atoms with E-state index in [9.17, 15) is 9.59 Å². The van der Waals surface area contributed by atoms with Gasteiger partial charge in [0.1, 0.15) is 5.01 Å². The number of hydrogen-bond donors (Lipinski definition) is 1. The van der Waals surface area contributed by atoms with Crippen LogP contribution >= 0.6 is 27.3 Å². The maximum Gasteiger partial charge on any atom is 0.287 e. The first kappa shape index (κ1) is 17.2. The number of benzene rings is 1. The highest BCUT2D eigenvalue weighted by molar-refractivity contribution is 9.10. The summed E-state index contributed by atoms with van der Waals surface area (Å²) in [5, 5.41) is 3.58. The molecule has 0 aliphatic carbocycles. The molecule has 2 amide bonds. The largest absolute Gasteiger partial charge is 0.444 e. The maximum atomic E-state index is 12.6. The Morgan fingerprint density at radius 2 is 2.15 bits per heavy atom. The SMILES string of the molecule is O=C(NCC(=O)N1CCCC1c1nc2ccccc2s1)c1ccc(Br)o1. The average Bonchev–Trinajstić information content (AvgIpc) is 3.36. The van der Waals surface area contributed by atoms with Crippen molar-refractivity contribution in [1.82, 2.24) is 15.2 Å². The molecule has 1 aliphatic heterocycles. The van der Waals surface area contributed by atoms with Crippen molar-refractivity contribution in [2.45, 2.75) is 18.9 Å². The molecule has 3 heterocycles. The Morgan fingerprint density at radius 1 is 1.31 bits per heavy atom. The predicted molar refractivity (Wildman–Crippen MR) is 102 cm³/mol. The van der Waals surface area contributed by atoms with Crippen LogP contribution in [0.25, 0.3) is 10.2 Å². The minimum absolute atomic E-state index is 0.0189. The highest BCUT2D eigenvalue weighted by atomic mass is 79.9. The molecule has 1 N–H and O–H groups in total. The fraction of sp³-hybridized carbons (Fsp3) is 0.278. The van der Waals surface area contributed by atoms with Gasteiger partial charge < -0.3 is 14.6 Å². The predicted octanol–water partition coefficient (Wildman–Crippen LogP) is 3.75. The highest BCUT2D eigenvalue weighted by Crippen LogP contribution is 2.36. The maximum absolute atomic E-state index is 12.6. The summed E-state index contributed by atoms with van der Waals surface area (Å²) in [5.74, 6) is -0.334. The Morgan fingerprint density at radius 3 is 2.92 bits per heavy atom. The third kappa shape index (κ3) is 3.39. The smallest absolute Gasteiger partial charge is 0.287 e. The lowest BCUT2D eigenvalue weighted by Crippen LogP contribution is -2.39. The van der Waals surface area contributed by atoms with E-state index in [1.807, 2.05) is 29.2 Å². The van der Waals surface area contributed by atoms with Gasteiger partial charge in [0.15, 0.2) is 10.4 Å². The minimum atomic E-state index is -0.403. The molecule has 1 fully saturated rings. The van der Waals surface area contributed by atoms with Crippen molar-refractivity contribution in [3.63, 3.8) is 0 Å². The molecule has 4 rings (SSSR count). The van der Waals surface area contributed by atoms with Gasteiger partial charge in [-0.15, -0.1) is 11.3 Å². The summed E-state index contributed by atoms with van der Waals surface area (Å²) in [6.07, 6.45) is 1.83. The van der Waals surface area contributed by atoms with Crippen molar-refractivity contribution >= 4 is 49.3 Å². The first-order chi connectivity index (χ1) is 12.6. The second-order valence-corrected chi connectivity index (χ2v) is 7.90. The molecule has 1 aromatic carbocycles. The van der Waals surface area contributed by atoms with Crippen LogP contribution in [0.15, 0.2) is 45.5 Å². The van der Waals surface area contributed by atoms with E-state index in [1.54, 1.807) is 23.5 Å². The van der Waals surface area contributed by atoms with Crippen LogP contribution in [0.1, 0.15) is 34.4 Å². The van der Waals surface area contributed by atoms with Crippen LogP contribution in [0.2, 0.25) is 0 Å². The number of nitrogens with one attached hydrogen (secondary N) is 1.